The number of halogens is 1. The van der Waals surface area contributed by atoms with E-state index in [1.165, 1.54) is 48.8 Å². The van der Waals surface area contributed by atoms with Crippen molar-refractivity contribution in [3.05, 3.63) is 58.0 Å². The third-order valence-corrected chi connectivity index (χ3v) is 5.46. The number of nitrogens with one attached hydrogen (secondary N) is 1. The number of carbonyl (C=O) groups excluding carboxylic acids is 2. The molecular formula is C19H16FNO4S2. The van der Waals surface area contributed by atoms with Crippen LogP contribution in [0.4, 0.5) is 9.39 Å². The van der Waals surface area contributed by atoms with Gasteiger partial charge in [0, 0.05) is 22.7 Å². The summed E-state index contributed by atoms with van der Waals surface area (Å²) in [4.78, 5) is 25.1. The third kappa shape index (κ3) is 4.35. The summed E-state index contributed by atoms with van der Waals surface area (Å²) in [6.07, 6.45) is 0. The fourth-order valence-corrected chi connectivity index (χ4v) is 4.26. The van der Waals surface area contributed by atoms with E-state index >= 15 is 0 Å². The number of thiophene rings is 2. The van der Waals surface area contributed by atoms with Crippen LogP contribution < -0.4 is 10.1 Å². The van der Waals surface area contributed by atoms with E-state index in [1.54, 1.807) is 11.4 Å². The number of esters is 1. The topological polar surface area (TPSA) is 64.6 Å². The summed E-state index contributed by atoms with van der Waals surface area (Å²) in [5, 5.41) is 6.80. The van der Waals surface area contributed by atoms with Crippen LogP contribution >= 0.6 is 22.7 Å². The quantitative estimate of drug-likeness (QED) is 0.590. The Kier molecular flexibility index (Phi) is 5.88. The maximum absolute atomic E-state index is 13.8. The smallest absolute Gasteiger partial charge is 0.342 e. The molecule has 0 aliphatic carbocycles. The molecule has 140 valence electrons. The molecule has 0 unspecified atom stereocenters. The number of ether oxygens (including phenoxy) is 2. The highest BCUT2D eigenvalue weighted by atomic mass is 32.1. The third-order valence-electron chi connectivity index (χ3n) is 3.66. The molecule has 0 saturated heterocycles. The van der Waals surface area contributed by atoms with Crippen LogP contribution in [-0.2, 0) is 16.1 Å². The molecule has 0 aliphatic rings. The van der Waals surface area contributed by atoms with Crippen LogP contribution in [0, 0.1) is 5.82 Å². The molecule has 5 nitrogen and oxygen atoms in total. The van der Waals surface area contributed by atoms with E-state index in [0.29, 0.717) is 21.7 Å². The van der Waals surface area contributed by atoms with Crippen molar-refractivity contribution >= 4 is 39.6 Å². The highest BCUT2D eigenvalue weighted by Gasteiger charge is 2.23. The molecule has 3 rings (SSSR count). The van der Waals surface area contributed by atoms with Crippen molar-refractivity contribution in [2.24, 2.45) is 0 Å². The molecule has 0 atom stereocenters. The fraction of sp³-hybridized carbons (Fsp3) is 0.158. The van der Waals surface area contributed by atoms with Crippen LogP contribution in [0.5, 0.6) is 5.75 Å². The van der Waals surface area contributed by atoms with Crippen LogP contribution in [0.25, 0.3) is 10.4 Å². The summed E-state index contributed by atoms with van der Waals surface area (Å²) >= 11 is 2.74. The molecule has 0 aliphatic heterocycles. The average molecular weight is 405 g/mol. The standard InChI is InChI=1S/C19H16FNO4S2/c1-11(22)21-18-17(13(10-27-18)16-4-3-7-26-16)19(23)25-9-12-5-6-15(24-2)14(20)8-12/h3-8,10H,9H2,1-2H3,(H,21,22). The van der Waals surface area contributed by atoms with Crippen molar-refractivity contribution in [3.63, 3.8) is 0 Å². The number of amides is 1. The summed E-state index contributed by atoms with van der Waals surface area (Å²) in [7, 11) is 1.38. The molecule has 3 aromatic rings. The molecule has 0 fully saturated rings. The van der Waals surface area contributed by atoms with Gasteiger partial charge in [0.25, 0.3) is 0 Å². The zero-order chi connectivity index (χ0) is 19.4. The van der Waals surface area contributed by atoms with E-state index in [9.17, 15) is 14.0 Å². The van der Waals surface area contributed by atoms with Gasteiger partial charge in [-0.1, -0.05) is 12.1 Å². The monoisotopic (exact) mass is 405 g/mol. The van der Waals surface area contributed by atoms with Crippen LogP contribution in [0.15, 0.2) is 41.1 Å². The molecule has 1 aromatic carbocycles. The highest BCUT2D eigenvalue weighted by molar-refractivity contribution is 7.17. The van der Waals surface area contributed by atoms with Crippen molar-refractivity contribution in [1.29, 1.82) is 0 Å². The number of hydrogen-bond acceptors (Lipinski definition) is 6. The summed E-state index contributed by atoms with van der Waals surface area (Å²) in [6.45, 7) is 1.28. The van der Waals surface area contributed by atoms with E-state index < -0.39 is 11.8 Å². The summed E-state index contributed by atoms with van der Waals surface area (Å²) < 4.78 is 24.0. The Hall–Kier alpha value is -2.71. The lowest BCUT2D eigenvalue weighted by Gasteiger charge is -2.09. The zero-order valence-corrected chi connectivity index (χ0v) is 16.2. The first kappa shape index (κ1) is 19.1. The predicted molar refractivity (Wildman–Crippen MR) is 104 cm³/mol. The second kappa shape index (κ2) is 8.32. The number of hydrogen-bond donors (Lipinski definition) is 1. The molecule has 0 radical (unpaired) electrons. The Morgan fingerprint density at radius 1 is 1.22 bits per heavy atom. The van der Waals surface area contributed by atoms with Crippen LogP contribution in [0.1, 0.15) is 22.8 Å². The van der Waals surface area contributed by atoms with Crippen molar-refractivity contribution in [2.75, 3.05) is 12.4 Å². The fourth-order valence-electron chi connectivity index (χ4n) is 2.45. The average Bonchev–Trinajstić information content (AvgIpc) is 3.29. The normalized spacial score (nSPS) is 10.5. The van der Waals surface area contributed by atoms with Gasteiger partial charge in [0.2, 0.25) is 5.91 Å². The molecule has 2 heterocycles. The van der Waals surface area contributed by atoms with Crippen LogP contribution in [-0.4, -0.2) is 19.0 Å². The van der Waals surface area contributed by atoms with Crippen LogP contribution in [0.3, 0.4) is 0 Å². The van der Waals surface area contributed by atoms with Gasteiger partial charge in [0.15, 0.2) is 11.6 Å². The molecule has 27 heavy (non-hydrogen) atoms. The van der Waals surface area contributed by atoms with Gasteiger partial charge in [-0.25, -0.2) is 9.18 Å². The van der Waals surface area contributed by atoms with Gasteiger partial charge in [-0.3, -0.25) is 4.79 Å². The van der Waals surface area contributed by atoms with Crippen molar-refractivity contribution in [1.82, 2.24) is 0 Å². The van der Waals surface area contributed by atoms with Gasteiger partial charge in [0.1, 0.15) is 17.2 Å². The van der Waals surface area contributed by atoms with Crippen molar-refractivity contribution < 1.29 is 23.5 Å². The number of rotatable bonds is 6. The predicted octanol–water partition coefficient (Wildman–Crippen LogP) is 4.94. The Balaban J connectivity index is 1.83. The molecule has 0 spiro atoms. The zero-order valence-electron chi connectivity index (χ0n) is 14.6. The van der Waals surface area contributed by atoms with Gasteiger partial charge in [0.05, 0.1) is 7.11 Å². The Labute approximate surface area is 163 Å². The second-order valence-corrected chi connectivity index (χ2v) is 7.38. The van der Waals surface area contributed by atoms with Gasteiger partial charge in [-0.2, -0.15) is 0 Å². The van der Waals surface area contributed by atoms with Crippen molar-refractivity contribution in [2.45, 2.75) is 13.5 Å². The van der Waals surface area contributed by atoms with Crippen molar-refractivity contribution in [3.8, 4) is 16.2 Å². The molecule has 0 bridgehead atoms. The van der Waals surface area contributed by atoms with E-state index in [0.717, 1.165) is 4.88 Å². The summed E-state index contributed by atoms with van der Waals surface area (Å²) in [5.41, 5.74) is 1.49. The van der Waals surface area contributed by atoms with Gasteiger partial charge < -0.3 is 14.8 Å². The number of methoxy groups -OCH3 is 1. The minimum atomic E-state index is -0.584. The highest BCUT2D eigenvalue weighted by Crippen LogP contribution is 2.38. The summed E-state index contributed by atoms with van der Waals surface area (Å²) in [6, 6.07) is 8.13. The molecule has 2 aromatic heterocycles. The maximum Gasteiger partial charge on any atom is 0.342 e. The lowest BCUT2D eigenvalue weighted by Crippen LogP contribution is -2.11. The molecule has 1 N–H and O–H groups in total. The molecular weight excluding hydrogens is 389 g/mol. The van der Waals surface area contributed by atoms with Gasteiger partial charge >= 0.3 is 5.97 Å². The Morgan fingerprint density at radius 2 is 2.04 bits per heavy atom. The number of carbonyl (C=O) groups is 2. The van der Waals surface area contributed by atoms with Gasteiger partial charge in [-0.15, -0.1) is 22.7 Å². The Morgan fingerprint density at radius 3 is 2.67 bits per heavy atom. The molecule has 8 heteroatoms. The largest absolute Gasteiger partial charge is 0.494 e. The first-order valence-corrected chi connectivity index (χ1v) is 9.68. The van der Waals surface area contributed by atoms with Crippen LogP contribution in [0.2, 0.25) is 0 Å². The molecule has 0 saturated carbocycles. The van der Waals surface area contributed by atoms with E-state index in [2.05, 4.69) is 5.32 Å². The lowest BCUT2D eigenvalue weighted by molar-refractivity contribution is -0.114. The second-order valence-electron chi connectivity index (χ2n) is 5.56. The van der Waals surface area contributed by atoms with E-state index in [-0.39, 0.29) is 18.3 Å². The first-order chi connectivity index (χ1) is 13.0. The van der Waals surface area contributed by atoms with E-state index in [1.807, 2.05) is 17.5 Å². The summed E-state index contributed by atoms with van der Waals surface area (Å²) in [5.74, 6) is -1.27. The van der Waals surface area contributed by atoms with Gasteiger partial charge in [-0.05, 0) is 29.1 Å². The minimum Gasteiger partial charge on any atom is -0.494 e. The first-order valence-electron chi connectivity index (χ1n) is 7.92. The maximum atomic E-state index is 13.8. The SMILES string of the molecule is COc1ccc(COC(=O)c2c(-c3cccs3)csc2NC(C)=O)cc1F. The molecule has 1 amide bonds. The Bertz CT molecular complexity index is 966. The number of anilines is 1. The number of benzene rings is 1. The lowest BCUT2D eigenvalue weighted by atomic mass is 10.1. The van der Waals surface area contributed by atoms with E-state index in [4.69, 9.17) is 9.47 Å². The minimum absolute atomic E-state index is 0.0982.